The molecule has 3 rings (SSSR count). The number of hydrogen-bond acceptors (Lipinski definition) is 5. The van der Waals surface area contributed by atoms with Crippen LogP contribution in [-0.2, 0) is 16.6 Å². The van der Waals surface area contributed by atoms with Gasteiger partial charge in [-0.15, -0.1) is 0 Å². The van der Waals surface area contributed by atoms with Crippen molar-refractivity contribution in [3.05, 3.63) is 64.9 Å². The molecule has 26 heavy (non-hydrogen) atoms. The van der Waals surface area contributed by atoms with Gasteiger partial charge in [0.15, 0.2) is 11.6 Å². The average Bonchev–Trinajstić information content (AvgIpc) is 2.97. The van der Waals surface area contributed by atoms with E-state index in [1.54, 1.807) is 34.5 Å². The Morgan fingerprint density at radius 3 is 2.42 bits per heavy atom. The number of aromatic nitrogens is 3. The molecule has 0 fully saturated rings. The normalized spacial score (nSPS) is 10.5. The SMILES string of the molecule is COC(=O)CC(=O)c1ccccc1-c1nn(C)c(=S)n1-c1ccccc1. The summed E-state index contributed by atoms with van der Waals surface area (Å²) in [6, 6.07) is 16.6. The first-order valence-electron chi connectivity index (χ1n) is 7.94. The van der Waals surface area contributed by atoms with Crippen molar-refractivity contribution in [2.45, 2.75) is 6.42 Å². The fourth-order valence-electron chi connectivity index (χ4n) is 2.67. The van der Waals surface area contributed by atoms with Crippen LogP contribution in [0.5, 0.6) is 0 Å². The molecule has 0 N–H and O–H groups in total. The number of Topliss-reactive ketones (excluding diaryl/α,β-unsaturated/α-hetero) is 1. The van der Waals surface area contributed by atoms with Gasteiger partial charge in [0.2, 0.25) is 4.77 Å². The standard InChI is InChI=1S/C19H17N3O3S/c1-21-19(26)22(13-8-4-3-5-9-13)18(20-21)15-11-7-6-10-14(15)16(23)12-17(24)25-2/h3-11H,12H2,1-2H3. The summed E-state index contributed by atoms with van der Waals surface area (Å²) in [5.41, 5.74) is 1.85. The van der Waals surface area contributed by atoms with Crippen LogP contribution in [0.1, 0.15) is 16.8 Å². The Bertz CT molecular complexity index is 1020. The highest BCUT2D eigenvalue weighted by Gasteiger charge is 2.21. The Hall–Kier alpha value is -3.06. The Labute approximate surface area is 155 Å². The number of carbonyl (C=O) groups excluding carboxylic acids is 2. The largest absolute Gasteiger partial charge is 0.469 e. The van der Waals surface area contributed by atoms with E-state index in [1.165, 1.54) is 7.11 Å². The number of hydrogen-bond donors (Lipinski definition) is 0. The van der Waals surface area contributed by atoms with Gasteiger partial charge in [0.25, 0.3) is 0 Å². The van der Waals surface area contributed by atoms with E-state index in [4.69, 9.17) is 12.2 Å². The van der Waals surface area contributed by atoms with Gasteiger partial charge in [-0.2, -0.15) is 5.10 Å². The second-order valence-electron chi connectivity index (χ2n) is 5.62. The predicted octanol–water partition coefficient (Wildman–Crippen LogP) is 3.35. The lowest BCUT2D eigenvalue weighted by atomic mass is 10.0. The highest BCUT2D eigenvalue weighted by Crippen LogP contribution is 2.26. The molecule has 0 spiro atoms. The summed E-state index contributed by atoms with van der Waals surface area (Å²) in [5.74, 6) is -0.369. The molecule has 0 radical (unpaired) electrons. The van der Waals surface area contributed by atoms with E-state index in [0.717, 1.165) is 5.69 Å². The van der Waals surface area contributed by atoms with E-state index >= 15 is 0 Å². The highest BCUT2D eigenvalue weighted by atomic mass is 32.1. The number of nitrogens with zero attached hydrogens (tertiary/aromatic N) is 3. The summed E-state index contributed by atoms with van der Waals surface area (Å²) in [5, 5.41) is 4.51. The van der Waals surface area contributed by atoms with Crippen molar-refractivity contribution in [2.75, 3.05) is 7.11 Å². The van der Waals surface area contributed by atoms with Gasteiger partial charge in [0.1, 0.15) is 6.42 Å². The summed E-state index contributed by atoms with van der Waals surface area (Å²) in [4.78, 5) is 24.1. The van der Waals surface area contributed by atoms with Gasteiger partial charge in [-0.1, -0.05) is 42.5 Å². The lowest BCUT2D eigenvalue weighted by Gasteiger charge is -2.10. The number of carbonyl (C=O) groups is 2. The number of methoxy groups -OCH3 is 1. The molecule has 0 saturated heterocycles. The molecular weight excluding hydrogens is 350 g/mol. The quantitative estimate of drug-likeness (QED) is 0.299. The van der Waals surface area contributed by atoms with Gasteiger partial charge < -0.3 is 4.74 Å². The van der Waals surface area contributed by atoms with Crippen molar-refractivity contribution in [3.8, 4) is 17.1 Å². The number of esters is 1. The Morgan fingerprint density at radius 2 is 1.73 bits per heavy atom. The Morgan fingerprint density at radius 1 is 1.08 bits per heavy atom. The van der Waals surface area contributed by atoms with Gasteiger partial charge in [-0.05, 0) is 24.4 Å². The second kappa shape index (κ2) is 7.45. The third-order valence-corrected chi connectivity index (χ3v) is 4.39. The first-order chi connectivity index (χ1) is 12.5. The number of benzene rings is 2. The molecule has 7 heteroatoms. The van der Waals surface area contributed by atoms with Crippen molar-refractivity contribution in [1.82, 2.24) is 14.3 Å². The van der Waals surface area contributed by atoms with Crippen LogP contribution in [0.25, 0.3) is 17.1 Å². The van der Waals surface area contributed by atoms with Gasteiger partial charge >= 0.3 is 5.97 Å². The Balaban J connectivity index is 2.18. The third kappa shape index (κ3) is 3.34. The molecule has 132 valence electrons. The first kappa shape index (κ1) is 17.8. The molecule has 6 nitrogen and oxygen atoms in total. The predicted molar refractivity (Wildman–Crippen MR) is 99.8 cm³/mol. The smallest absolute Gasteiger partial charge is 0.313 e. The van der Waals surface area contributed by atoms with Crippen LogP contribution >= 0.6 is 12.2 Å². The van der Waals surface area contributed by atoms with E-state index in [9.17, 15) is 9.59 Å². The van der Waals surface area contributed by atoms with E-state index in [0.29, 0.717) is 21.7 Å². The van der Waals surface area contributed by atoms with Gasteiger partial charge in [-0.3, -0.25) is 14.2 Å². The lowest BCUT2D eigenvalue weighted by molar-refractivity contribution is -0.139. The average molecular weight is 367 g/mol. The number of rotatable bonds is 5. The molecule has 0 aliphatic carbocycles. The molecule has 0 amide bonds. The van der Waals surface area contributed by atoms with Gasteiger partial charge in [-0.25, -0.2) is 4.68 Å². The van der Waals surface area contributed by atoms with E-state index in [1.807, 2.05) is 36.4 Å². The monoisotopic (exact) mass is 367 g/mol. The maximum atomic E-state index is 12.6. The van der Waals surface area contributed by atoms with Crippen molar-refractivity contribution in [1.29, 1.82) is 0 Å². The van der Waals surface area contributed by atoms with Crippen LogP contribution in [0.15, 0.2) is 54.6 Å². The molecule has 0 atom stereocenters. The number of aryl methyl sites for hydroxylation is 1. The van der Waals surface area contributed by atoms with Crippen LogP contribution in [0.4, 0.5) is 0 Å². The topological polar surface area (TPSA) is 66.1 Å². The van der Waals surface area contributed by atoms with Crippen molar-refractivity contribution in [3.63, 3.8) is 0 Å². The summed E-state index contributed by atoms with van der Waals surface area (Å²) < 4.78 is 8.49. The number of para-hydroxylation sites is 1. The zero-order valence-electron chi connectivity index (χ0n) is 14.4. The fourth-order valence-corrected chi connectivity index (χ4v) is 2.90. The lowest BCUT2D eigenvalue weighted by Crippen LogP contribution is -2.11. The molecule has 0 bridgehead atoms. The van der Waals surface area contributed by atoms with E-state index < -0.39 is 5.97 Å². The highest BCUT2D eigenvalue weighted by molar-refractivity contribution is 7.71. The van der Waals surface area contributed by atoms with Crippen LogP contribution in [0, 0.1) is 4.77 Å². The van der Waals surface area contributed by atoms with Crippen molar-refractivity contribution in [2.24, 2.45) is 7.05 Å². The fraction of sp³-hybridized carbons (Fsp3) is 0.158. The maximum Gasteiger partial charge on any atom is 0.313 e. The van der Waals surface area contributed by atoms with Crippen molar-refractivity contribution < 1.29 is 14.3 Å². The van der Waals surface area contributed by atoms with Crippen LogP contribution in [0.2, 0.25) is 0 Å². The maximum absolute atomic E-state index is 12.6. The minimum atomic E-state index is -0.578. The molecule has 0 aliphatic rings. The number of ether oxygens (including phenoxy) is 1. The summed E-state index contributed by atoms with van der Waals surface area (Å²) >= 11 is 5.50. The van der Waals surface area contributed by atoms with Gasteiger partial charge in [0.05, 0.1) is 7.11 Å². The zero-order valence-corrected chi connectivity index (χ0v) is 15.2. The third-order valence-electron chi connectivity index (χ3n) is 3.94. The van der Waals surface area contributed by atoms with Gasteiger partial charge in [0, 0.05) is 23.9 Å². The summed E-state index contributed by atoms with van der Waals surface area (Å²) in [6.07, 6.45) is -0.327. The zero-order chi connectivity index (χ0) is 18.7. The van der Waals surface area contributed by atoms with Crippen LogP contribution in [0.3, 0.4) is 0 Å². The molecule has 3 aromatic rings. The molecule has 0 aliphatic heterocycles. The molecule has 0 unspecified atom stereocenters. The first-order valence-corrected chi connectivity index (χ1v) is 8.34. The van der Waals surface area contributed by atoms with Crippen molar-refractivity contribution >= 4 is 24.0 Å². The minimum absolute atomic E-state index is 0.327. The number of ketones is 1. The molecule has 1 heterocycles. The van der Waals surface area contributed by atoms with E-state index in [2.05, 4.69) is 9.84 Å². The molecule has 0 saturated carbocycles. The molecular formula is C19H17N3O3S. The van der Waals surface area contributed by atoms with Crippen LogP contribution in [-0.4, -0.2) is 33.2 Å². The molecule has 1 aromatic heterocycles. The molecule has 2 aromatic carbocycles. The second-order valence-corrected chi connectivity index (χ2v) is 5.99. The minimum Gasteiger partial charge on any atom is -0.469 e. The Kier molecular flexibility index (Phi) is 5.09. The summed E-state index contributed by atoms with van der Waals surface area (Å²) in [7, 11) is 3.01. The van der Waals surface area contributed by atoms with E-state index in [-0.39, 0.29) is 12.2 Å². The van der Waals surface area contributed by atoms with Crippen LogP contribution < -0.4 is 0 Å². The summed E-state index contributed by atoms with van der Waals surface area (Å²) in [6.45, 7) is 0.